The van der Waals surface area contributed by atoms with E-state index in [1.54, 1.807) is 0 Å². The Balaban J connectivity index is 1.01. The molecular weight excluding hydrogens is 1410 g/mol. The lowest BCUT2D eigenvalue weighted by Crippen LogP contribution is -2.31. The highest BCUT2D eigenvalue weighted by molar-refractivity contribution is 6.24. The maximum atomic E-state index is 7.19. The summed E-state index contributed by atoms with van der Waals surface area (Å²) in [7, 11) is 0. The van der Waals surface area contributed by atoms with Gasteiger partial charge in [-0.3, -0.25) is 0 Å². The second-order valence-electron chi connectivity index (χ2n) is 37.7. The number of hydrogen-bond acceptors (Lipinski definition) is 3. The smallest absolute Gasteiger partial charge is 0.136 e. The monoisotopic (exact) mass is 1500 g/mol. The molecule has 116 heavy (non-hydrogen) atoms. The van der Waals surface area contributed by atoms with Crippen LogP contribution in [-0.4, -0.2) is 9.13 Å². The topological polar surface area (TPSA) is 29.5 Å². The van der Waals surface area contributed by atoms with Crippen LogP contribution in [0.1, 0.15) is 154 Å². The molecule has 5 nitrogen and oxygen atoms in total. The number of benzene rings is 15. The summed E-state index contributed by atoms with van der Waals surface area (Å²) in [4.78, 5) is 5.51. The zero-order valence-electron chi connectivity index (χ0n) is 69.3. The molecule has 568 valence electrons. The van der Waals surface area contributed by atoms with E-state index in [-0.39, 0.29) is 33.0 Å². The van der Waals surface area contributed by atoms with Crippen LogP contribution in [0.2, 0.25) is 0 Å². The summed E-state index contributed by atoms with van der Waals surface area (Å²) in [5.74, 6) is -0.321. The molecule has 0 N–H and O–H groups in total. The van der Waals surface area contributed by atoms with E-state index in [4.69, 9.17) is 4.42 Å². The SMILES string of the molecule is CC(C)(C)c1cc(-c2ccc3c(c2)C2c4ccc(-n5c6ccc(C(C)(C)C)cc6c6cc(C(C)(C)C)ccc65)cc4N(c4c(-c5ccccc5)cc5c(c4-c4ccccc4)c4ccccc4n5-c4ccccc4)c4cc(C(C)(C)C)cc(c42)N3c2c(-c3ccccc3)cc3oc4ccccc4c3c2-c2ccccc2)cc(C(C)(C)C)c1. The normalized spacial score (nSPS) is 13.9. The quantitative estimate of drug-likeness (QED) is 0.144. The van der Waals surface area contributed by atoms with Gasteiger partial charge in [0.15, 0.2) is 0 Å². The molecule has 20 rings (SSSR count). The first kappa shape index (κ1) is 72.3. The lowest BCUT2D eigenvalue weighted by Gasteiger charge is -2.47. The van der Waals surface area contributed by atoms with E-state index < -0.39 is 0 Å². The fourth-order valence-electron chi connectivity index (χ4n) is 18.9. The van der Waals surface area contributed by atoms with Gasteiger partial charge in [-0.2, -0.15) is 0 Å². The van der Waals surface area contributed by atoms with Crippen LogP contribution < -0.4 is 9.80 Å². The summed E-state index contributed by atoms with van der Waals surface area (Å²) in [5, 5.41) is 7.01. The minimum Gasteiger partial charge on any atom is -0.456 e. The molecule has 0 bridgehead atoms. The molecule has 5 heterocycles. The third kappa shape index (κ3) is 11.7. The summed E-state index contributed by atoms with van der Waals surface area (Å²) >= 11 is 0. The van der Waals surface area contributed by atoms with E-state index in [2.05, 4.69) is 438 Å². The predicted octanol–water partition coefficient (Wildman–Crippen LogP) is 31.3. The highest BCUT2D eigenvalue weighted by Gasteiger charge is 2.46. The van der Waals surface area contributed by atoms with Crippen LogP contribution >= 0.6 is 0 Å². The Bertz CT molecular complexity index is 6900. The van der Waals surface area contributed by atoms with E-state index in [0.717, 1.165) is 123 Å². The number of rotatable bonds is 9. The lowest BCUT2D eigenvalue weighted by atomic mass is 9.72. The van der Waals surface area contributed by atoms with Gasteiger partial charge in [0.2, 0.25) is 0 Å². The first-order valence-corrected chi connectivity index (χ1v) is 41.4. The van der Waals surface area contributed by atoms with Crippen molar-refractivity contribution in [3.63, 3.8) is 0 Å². The molecular formula is C111H98N4O. The highest BCUT2D eigenvalue weighted by Crippen LogP contribution is 2.66. The van der Waals surface area contributed by atoms with E-state index in [0.29, 0.717) is 0 Å². The number of aromatic nitrogens is 2. The van der Waals surface area contributed by atoms with Gasteiger partial charge in [0.1, 0.15) is 11.2 Å². The molecule has 0 saturated carbocycles. The fourth-order valence-corrected chi connectivity index (χ4v) is 18.9. The Hall–Kier alpha value is -12.7. The molecule has 0 aliphatic carbocycles. The van der Waals surface area contributed by atoms with Crippen molar-refractivity contribution in [2.45, 2.75) is 137 Å². The lowest BCUT2D eigenvalue weighted by molar-refractivity contribution is 0.569. The van der Waals surface area contributed by atoms with Gasteiger partial charge >= 0.3 is 0 Å². The standard InChI is InChI=1S/C111H98N4O/c1-107(2,3)74-50-55-90-86(61-74)87-62-75(108(4,5)6)51-56-91(87)113(90)80-52-53-82-93(65-80)115(105-84(68-35-21-16-22-36-68)66-96-102(99(105)70-39-25-18-26-40-70)81-45-31-33-47-89(81)112(96)79-43-29-20-30-44-79)95-64-78(111(13,14)15)63-94-104(95)101(82)88-59-72(73-57-76(109(7,8)9)60-77(58-73)110(10,11)12)49-54-92(88)114(94)106-85(69-37-23-17-24-38-69)67-98-103(83-46-32-34-48-97(83)116-98)100(106)71-41-27-19-28-42-71/h16-67,101H,1-15H3. The number of hydrogen-bond donors (Lipinski definition) is 0. The third-order valence-corrected chi connectivity index (χ3v) is 25.0. The number of nitrogens with zero attached hydrogens (tertiary/aromatic N) is 4. The first-order chi connectivity index (χ1) is 55.7. The Morgan fingerprint density at radius 2 is 0.698 bits per heavy atom. The van der Waals surface area contributed by atoms with Gasteiger partial charge in [0.25, 0.3) is 0 Å². The van der Waals surface area contributed by atoms with Crippen LogP contribution in [0.15, 0.2) is 320 Å². The largest absolute Gasteiger partial charge is 0.456 e. The molecule has 15 aromatic carbocycles. The zero-order valence-corrected chi connectivity index (χ0v) is 69.3. The molecule has 0 fully saturated rings. The number of anilines is 6. The number of para-hydroxylation sites is 3. The predicted molar refractivity (Wildman–Crippen MR) is 493 cm³/mol. The molecule has 0 amide bonds. The molecule has 0 saturated heterocycles. The highest BCUT2D eigenvalue weighted by atomic mass is 16.3. The van der Waals surface area contributed by atoms with Crippen LogP contribution in [-0.2, 0) is 27.1 Å². The van der Waals surface area contributed by atoms with Crippen LogP contribution in [0.5, 0.6) is 0 Å². The first-order valence-electron chi connectivity index (χ1n) is 41.4. The average molecular weight is 1500 g/mol. The molecule has 2 aliphatic heterocycles. The second-order valence-corrected chi connectivity index (χ2v) is 37.7. The van der Waals surface area contributed by atoms with Crippen molar-refractivity contribution in [3.8, 4) is 67.0 Å². The molecule has 0 radical (unpaired) electrons. The van der Waals surface area contributed by atoms with Crippen molar-refractivity contribution in [2.24, 2.45) is 0 Å². The molecule has 1 atom stereocenters. The van der Waals surface area contributed by atoms with Gasteiger partial charge in [-0.15, -0.1) is 0 Å². The van der Waals surface area contributed by atoms with Gasteiger partial charge in [0.05, 0.1) is 56.2 Å². The van der Waals surface area contributed by atoms with Crippen LogP contribution in [0.3, 0.4) is 0 Å². The van der Waals surface area contributed by atoms with Crippen molar-refractivity contribution in [3.05, 3.63) is 360 Å². The van der Waals surface area contributed by atoms with E-state index in [1.807, 2.05) is 0 Å². The summed E-state index contributed by atoms with van der Waals surface area (Å²) in [5.41, 5.74) is 35.7. The number of fused-ring (bicyclic) bond motifs is 13. The van der Waals surface area contributed by atoms with Gasteiger partial charge in [-0.1, -0.05) is 322 Å². The van der Waals surface area contributed by atoms with Crippen LogP contribution in [0.4, 0.5) is 34.1 Å². The van der Waals surface area contributed by atoms with E-state index in [1.165, 1.54) is 88.2 Å². The maximum absolute atomic E-state index is 7.19. The van der Waals surface area contributed by atoms with Crippen molar-refractivity contribution < 1.29 is 4.42 Å². The molecule has 18 aromatic rings. The van der Waals surface area contributed by atoms with Crippen molar-refractivity contribution >= 4 is 99.7 Å². The Kier molecular flexibility index (Phi) is 16.5. The maximum Gasteiger partial charge on any atom is 0.136 e. The molecule has 3 aromatic heterocycles. The van der Waals surface area contributed by atoms with Crippen LogP contribution in [0, 0.1) is 0 Å². The minimum atomic E-state index is -0.388. The van der Waals surface area contributed by atoms with Crippen LogP contribution in [0.25, 0.3) is 133 Å². The average Bonchev–Trinajstić information content (AvgIpc) is 0.833. The number of furan rings is 1. The van der Waals surface area contributed by atoms with E-state index >= 15 is 0 Å². The van der Waals surface area contributed by atoms with Crippen molar-refractivity contribution in [2.75, 3.05) is 9.80 Å². The summed E-state index contributed by atoms with van der Waals surface area (Å²) < 4.78 is 12.3. The van der Waals surface area contributed by atoms with Gasteiger partial charge < -0.3 is 23.4 Å². The Labute approximate surface area is 682 Å². The van der Waals surface area contributed by atoms with Gasteiger partial charge in [-0.05, 0) is 196 Å². The van der Waals surface area contributed by atoms with Gasteiger partial charge in [0, 0.05) is 77.4 Å². The molecule has 2 aliphatic rings. The van der Waals surface area contributed by atoms with E-state index in [9.17, 15) is 0 Å². The summed E-state index contributed by atoms with van der Waals surface area (Å²) in [6, 6.07) is 121. The minimum absolute atomic E-state index is 0.0846. The molecule has 5 heteroatoms. The summed E-state index contributed by atoms with van der Waals surface area (Å²) in [6.45, 7) is 35.4. The fraction of sp³-hybridized carbons (Fsp3) is 0.189. The molecule has 0 spiro atoms. The summed E-state index contributed by atoms with van der Waals surface area (Å²) in [6.07, 6.45) is 0. The van der Waals surface area contributed by atoms with Crippen molar-refractivity contribution in [1.29, 1.82) is 0 Å². The molecule has 1 unspecified atom stereocenters. The van der Waals surface area contributed by atoms with Crippen molar-refractivity contribution in [1.82, 2.24) is 9.13 Å². The van der Waals surface area contributed by atoms with Gasteiger partial charge in [-0.25, -0.2) is 0 Å². The Morgan fingerprint density at radius 1 is 0.250 bits per heavy atom. The second kappa shape index (κ2) is 26.4. The zero-order chi connectivity index (χ0) is 79.8. The Morgan fingerprint density at radius 3 is 1.24 bits per heavy atom. The third-order valence-electron chi connectivity index (χ3n) is 25.0.